The molecule has 0 bridgehead atoms. The number of methoxy groups -OCH3 is 1. The zero-order valence-electron chi connectivity index (χ0n) is 15.0. The third kappa shape index (κ3) is 4.85. The molecular formula is C17H28N2O5. The molecule has 136 valence electrons. The number of likely N-dealkylation sites (tertiary alicyclic amines) is 1. The van der Waals surface area contributed by atoms with Crippen molar-refractivity contribution in [2.75, 3.05) is 13.7 Å². The van der Waals surface area contributed by atoms with Gasteiger partial charge in [0.25, 0.3) is 0 Å². The van der Waals surface area contributed by atoms with Crippen LogP contribution in [0.25, 0.3) is 0 Å². The lowest BCUT2D eigenvalue weighted by Gasteiger charge is -2.35. The number of amides is 2. The Balaban J connectivity index is 1.80. The lowest BCUT2D eigenvalue weighted by atomic mass is 9.90. The first-order valence-electron chi connectivity index (χ1n) is 8.56. The van der Waals surface area contributed by atoms with Gasteiger partial charge in [0, 0.05) is 25.0 Å². The van der Waals surface area contributed by atoms with E-state index in [9.17, 15) is 14.4 Å². The molecule has 2 fully saturated rings. The van der Waals surface area contributed by atoms with E-state index in [1.165, 1.54) is 7.11 Å². The van der Waals surface area contributed by atoms with Crippen molar-refractivity contribution in [2.24, 2.45) is 5.92 Å². The van der Waals surface area contributed by atoms with Crippen molar-refractivity contribution >= 4 is 18.0 Å². The maximum Gasteiger partial charge on any atom is 0.407 e. The first-order valence-corrected chi connectivity index (χ1v) is 8.56. The first-order chi connectivity index (χ1) is 11.2. The Kier molecular flexibility index (Phi) is 5.72. The van der Waals surface area contributed by atoms with Crippen molar-refractivity contribution in [2.45, 2.75) is 70.6 Å². The molecule has 1 saturated heterocycles. The maximum atomic E-state index is 12.1. The Hall–Kier alpha value is -1.79. The van der Waals surface area contributed by atoms with Crippen LogP contribution in [0, 0.1) is 5.92 Å². The Morgan fingerprint density at radius 2 is 1.79 bits per heavy atom. The summed E-state index contributed by atoms with van der Waals surface area (Å²) < 4.78 is 10.0. The average Bonchev–Trinajstić information content (AvgIpc) is 2.87. The van der Waals surface area contributed by atoms with E-state index in [-0.39, 0.29) is 36.3 Å². The van der Waals surface area contributed by atoms with Gasteiger partial charge in [-0.3, -0.25) is 9.59 Å². The third-order valence-electron chi connectivity index (χ3n) is 4.55. The molecular weight excluding hydrogens is 312 g/mol. The van der Waals surface area contributed by atoms with Crippen molar-refractivity contribution in [3.05, 3.63) is 0 Å². The summed E-state index contributed by atoms with van der Waals surface area (Å²) in [7, 11) is 1.35. The van der Waals surface area contributed by atoms with Gasteiger partial charge in [0.1, 0.15) is 5.60 Å². The van der Waals surface area contributed by atoms with Crippen LogP contribution >= 0.6 is 0 Å². The molecule has 2 aliphatic rings. The van der Waals surface area contributed by atoms with Crippen LogP contribution in [-0.2, 0) is 19.1 Å². The van der Waals surface area contributed by atoms with E-state index in [0.29, 0.717) is 6.54 Å². The number of rotatable bonds is 3. The molecule has 1 N–H and O–H groups in total. The molecule has 1 heterocycles. The smallest absolute Gasteiger partial charge is 0.407 e. The van der Waals surface area contributed by atoms with Gasteiger partial charge in [-0.25, -0.2) is 4.79 Å². The summed E-state index contributed by atoms with van der Waals surface area (Å²) in [6.07, 6.45) is 3.09. The second-order valence-electron chi connectivity index (χ2n) is 7.62. The molecule has 24 heavy (non-hydrogen) atoms. The topological polar surface area (TPSA) is 84.9 Å². The predicted molar refractivity (Wildman–Crippen MR) is 87.2 cm³/mol. The molecule has 7 heteroatoms. The Morgan fingerprint density at radius 1 is 1.17 bits per heavy atom. The molecule has 1 unspecified atom stereocenters. The fourth-order valence-electron chi connectivity index (χ4n) is 3.42. The molecule has 1 saturated carbocycles. The molecule has 0 spiro atoms. The van der Waals surface area contributed by atoms with E-state index in [4.69, 9.17) is 9.47 Å². The van der Waals surface area contributed by atoms with Crippen LogP contribution in [0.3, 0.4) is 0 Å². The molecule has 0 aromatic carbocycles. The zero-order chi connectivity index (χ0) is 17.9. The molecule has 0 aromatic heterocycles. The fourth-order valence-corrected chi connectivity index (χ4v) is 3.42. The van der Waals surface area contributed by atoms with Crippen molar-refractivity contribution in [1.82, 2.24) is 10.2 Å². The zero-order valence-corrected chi connectivity index (χ0v) is 15.0. The minimum atomic E-state index is -0.508. The van der Waals surface area contributed by atoms with Crippen molar-refractivity contribution in [1.29, 1.82) is 0 Å². The van der Waals surface area contributed by atoms with Crippen LogP contribution in [0.15, 0.2) is 0 Å². The summed E-state index contributed by atoms with van der Waals surface area (Å²) in [5.74, 6) is -0.639. The van der Waals surface area contributed by atoms with Gasteiger partial charge in [-0.2, -0.15) is 0 Å². The number of alkyl carbamates (subject to hydrolysis) is 1. The molecule has 2 rings (SSSR count). The van der Waals surface area contributed by atoms with Gasteiger partial charge in [-0.1, -0.05) is 0 Å². The van der Waals surface area contributed by atoms with E-state index in [1.54, 1.807) is 0 Å². The molecule has 2 amide bonds. The SMILES string of the molecule is COC(=O)C1CC(=O)N(C2CCC(NC(=O)OC(C)(C)C)CC2)C1. The van der Waals surface area contributed by atoms with E-state index in [0.717, 1.165) is 25.7 Å². The van der Waals surface area contributed by atoms with Crippen LogP contribution in [0.4, 0.5) is 4.79 Å². The Labute approximate surface area is 143 Å². The van der Waals surface area contributed by atoms with Crippen LogP contribution in [0.1, 0.15) is 52.9 Å². The van der Waals surface area contributed by atoms with E-state index >= 15 is 0 Å². The van der Waals surface area contributed by atoms with Crippen molar-refractivity contribution < 1.29 is 23.9 Å². The molecule has 1 aliphatic heterocycles. The van der Waals surface area contributed by atoms with Gasteiger partial charge in [0.2, 0.25) is 5.91 Å². The quantitative estimate of drug-likeness (QED) is 0.793. The molecule has 0 aromatic rings. The van der Waals surface area contributed by atoms with Gasteiger partial charge in [-0.05, 0) is 46.5 Å². The number of nitrogens with zero attached hydrogens (tertiary/aromatic N) is 1. The number of esters is 1. The second-order valence-corrected chi connectivity index (χ2v) is 7.62. The highest BCUT2D eigenvalue weighted by molar-refractivity contribution is 5.87. The number of carbonyl (C=O) groups excluding carboxylic acids is 3. The summed E-state index contributed by atoms with van der Waals surface area (Å²) in [4.78, 5) is 37.4. The second kappa shape index (κ2) is 7.40. The highest BCUT2D eigenvalue weighted by Crippen LogP contribution is 2.29. The van der Waals surface area contributed by atoms with Gasteiger partial charge < -0.3 is 19.7 Å². The number of hydrogen-bond donors (Lipinski definition) is 1. The van der Waals surface area contributed by atoms with Crippen LogP contribution in [0.2, 0.25) is 0 Å². The number of ether oxygens (including phenoxy) is 2. The van der Waals surface area contributed by atoms with Gasteiger partial charge >= 0.3 is 12.1 Å². The van der Waals surface area contributed by atoms with Gasteiger partial charge in [0.15, 0.2) is 0 Å². The third-order valence-corrected chi connectivity index (χ3v) is 4.55. The Morgan fingerprint density at radius 3 is 2.33 bits per heavy atom. The predicted octanol–water partition coefficient (Wildman–Crippen LogP) is 1.84. The van der Waals surface area contributed by atoms with E-state index in [1.807, 2.05) is 25.7 Å². The van der Waals surface area contributed by atoms with Crippen LogP contribution < -0.4 is 5.32 Å². The minimum Gasteiger partial charge on any atom is -0.469 e. The van der Waals surface area contributed by atoms with Crippen LogP contribution in [0.5, 0.6) is 0 Å². The Bertz CT molecular complexity index is 492. The standard InChI is InChI=1S/C17H28N2O5/c1-17(2,3)24-16(22)18-12-5-7-13(8-6-12)19-10-11(9-14(19)20)15(21)23-4/h11-13H,5-10H2,1-4H3,(H,18,22). The van der Waals surface area contributed by atoms with Gasteiger partial charge in [-0.15, -0.1) is 0 Å². The molecule has 7 nitrogen and oxygen atoms in total. The normalized spacial score (nSPS) is 27.8. The van der Waals surface area contributed by atoms with Crippen molar-refractivity contribution in [3.63, 3.8) is 0 Å². The monoisotopic (exact) mass is 340 g/mol. The van der Waals surface area contributed by atoms with Crippen molar-refractivity contribution in [3.8, 4) is 0 Å². The minimum absolute atomic E-state index is 0.0222. The molecule has 1 aliphatic carbocycles. The highest BCUT2D eigenvalue weighted by Gasteiger charge is 2.39. The average molecular weight is 340 g/mol. The van der Waals surface area contributed by atoms with E-state index in [2.05, 4.69) is 5.32 Å². The molecule has 0 radical (unpaired) electrons. The number of hydrogen-bond acceptors (Lipinski definition) is 5. The summed E-state index contributed by atoms with van der Waals surface area (Å²) in [5.41, 5.74) is -0.508. The summed E-state index contributed by atoms with van der Waals surface area (Å²) >= 11 is 0. The first kappa shape index (κ1) is 18.5. The largest absolute Gasteiger partial charge is 0.469 e. The van der Waals surface area contributed by atoms with Crippen LogP contribution in [-0.4, -0.2) is 54.2 Å². The fraction of sp³-hybridized carbons (Fsp3) is 0.824. The number of nitrogens with one attached hydrogen (secondary N) is 1. The summed E-state index contributed by atoms with van der Waals surface area (Å²) in [5, 5.41) is 2.90. The molecule has 1 atom stereocenters. The summed E-state index contributed by atoms with van der Waals surface area (Å²) in [6.45, 7) is 5.95. The lowest BCUT2D eigenvalue weighted by molar-refractivity contribution is -0.145. The maximum absolute atomic E-state index is 12.1. The summed E-state index contributed by atoms with van der Waals surface area (Å²) in [6, 6.07) is 0.217. The van der Waals surface area contributed by atoms with E-state index < -0.39 is 11.7 Å². The highest BCUT2D eigenvalue weighted by atomic mass is 16.6. The van der Waals surface area contributed by atoms with Gasteiger partial charge in [0.05, 0.1) is 13.0 Å². The lowest BCUT2D eigenvalue weighted by Crippen LogP contribution is -2.45. The number of carbonyl (C=O) groups is 3.